The molecule has 1 atom stereocenters. The van der Waals surface area contributed by atoms with E-state index < -0.39 is 5.54 Å². The number of carbonyl (C=O) groups is 2. The molecule has 0 spiro atoms. The van der Waals surface area contributed by atoms with Gasteiger partial charge < -0.3 is 4.90 Å². The highest BCUT2D eigenvalue weighted by atomic mass is 16.2. The zero-order chi connectivity index (χ0) is 11.2. The molecule has 1 fully saturated rings. The molecular formula is C12H15NO2. The van der Waals surface area contributed by atoms with Gasteiger partial charge in [-0.3, -0.25) is 9.59 Å². The lowest BCUT2D eigenvalue weighted by atomic mass is 9.90. The lowest BCUT2D eigenvalue weighted by molar-refractivity contribution is -0.136. The lowest BCUT2D eigenvalue weighted by Gasteiger charge is -2.29. The summed E-state index contributed by atoms with van der Waals surface area (Å²) >= 11 is 0. The third kappa shape index (κ3) is 1.26. The molecular weight excluding hydrogens is 190 g/mol. The van der Waals surface area contributed by atoms with Gasteiger partial charge in [-0.15, -0.1) is 0 Å². The van der Waals surface area contributed by atoms with Crippen LogP contribution in [0, 0.1) is 5.92 Å². The zero-order valence-corrected chi connectivity index (χ0v) is 9.28. The average molecular weight is 205 g/mol. The molecule has 2 aliphatic rings. The summed E-state index contributed by atoms with van der Waals surface area (Å²) in [5.74, 6) is -0.0281. The van der Waals surface area contributed by atoms with Gasteiger partial charge >= 0.3 is 0 Å². The fraction of sp³-hybridized carbons (Fsp3) is 0.500. The molecule has 80 valence electrons. The molecule has 15 heavy (non-hydrogen) atoms. The van der Waals surface area contributed by atoms with E-state index in [1.807, 2.05) is 32.1 Å². The lowest BCUT2D eigenvalue weighted by Crippen LogP contribution is -2.44. The first-order chi connectivity index (χ1) is 6.96. The van der Waals surface area contributed by atoms with Crippen LogP contribution >= 0.6 is 0 Å². The Hall–Kier alpha value is -1.38. The number of amides is 1. The van der Waals surface area contributed by atoms with Crippen molar-refractivity contribution in [1.82, 2.24) is 4.90 Å². The van der Waals surface area contributed by atoms with E-state index in [1.54, 1.807) is 4.90 Å². The molecule has 0 N–H and O–H groups in total. The van der Waals surface area contributed by atoms with Gasteiger partial charge in [-0.2, -0.15) is 0 Å². The Kier molecular flexibility index (Phi) is 2.07. The number of rotatable bonds is 0. The number of ketones is 1. The maximum absolute atomic E-state index is 12.1. The minimum atomic E-state index is -0.686. The van der Waals surface area contributed by atoms with Gasteiger partial charge in [-0.1, -0.05) is 12.2 Å². The van der Waals surface area contributed by atoms with Crippen LogP contribution in [0.15, 0.2) is 23.9 Å². The first-order valence-corrected chi connectivity index (χ1v) is 5.18. The fourth-order valence-corrected chi connectivity index (χ4v) is 2.52. The van der Waals surface area contributed by atoms with Gasteiger partial charge in [-0.25, -0.2) is 0 Å². The van der Waals surface area contributed by atoms with Crippen molar-refractivity contribution in [3.05, 3.63) is 23.9 Å². The van der Waals surface area contributed by atoms with Gasteiger partial charge in [0.1, 0.15) is 5.54 Å². The van der Waals surface area contributed by atoms with E-state index >= 15 is 0 Å². The Labute approximate surface area is 89.4 Å². The highest BCUT2D eigenvalue weighted by molar-refractivity contribution is 6.00. The van der Waals surface area contributed by atoms with Crippen molar-refractivity contribution in [3.63, 3.8) is 0 Å². The van der Waals surface area contributed by atoms with Gasteiger partial charge in [0.05, 0.1) is 5.92 Å². The molecule has 1 aliphatic heterocycles. The monoisotopic (exact) mass is 205 g/mol. The number of fused-ring (bicyclic) bond motifs is 1. The summed E-state index contributed by atoms with van der Waals surface area (Å²) in [5, 5.41) is 0. The van der Waals surface area contributed by atoms with Gasteiger partial charge in [0, 0.05) is 12.6 Å². The second-order valence-corrected chi connectivity index (χ2v) is 4.59. The second-order valence-electron chi connectivity index (χ2n) is 4.59. The number of hydrogen-bond acceptors (Lipinski definition) is 2. The van der Waals surface area contributed by atoms with Crippen molar-refractivity contribution in [3.8, 4) is 0 Å². The summed E-state index contributed by atoms with van der Waals surface area (Å²) in [6.07, 6.45) is 6.49. The number of likely N-dealkylation sites (tertiary alicyclic amines) is 1. The SMILES string of the molecule is CC(=O)N1C2=CC=CCC2C(=O)C1(C)C. The molecule has 0 aromatic rings. The third-order valence-corrected chi connectivity index (χ3v) is 3.18. The molecule has 0 aromatic heterocycles. The van der Waals surface area contributed by atoms with E-state index in [0.717, 1.165) is 12.1 Å². The van der Waals surface area contributed by atoms with E-state index in [9.17, 15) is 9.59 Å². The minimum Gasteiger partial charge on any atom is -0.303 e. The predicted octanol–water partition coefficient (Wildman–Crippen LogP) is 1.66. The van der Waals surface area contributed by atoms with Crippen LogP contribution in [0.25, 0.3) is 0 Å². The molecule has 1 heterocycles. The normalized spacial score (nSPS) is 27.7. The molecule has 0 radical (unpaired) electrons. The fourth-order valence-electron chi connectivity index (χ4n) is 2.52. The zero-order valence-electron chi connectivity index (χ0n) is 9.28. The standard InChI is InChI=1S/C12H15NO2/c1-8(14)13-10-7-5-4-6-9(10)11(15)12(13,2)3/h4-5,7,9H,6H2,1-3H3. The van der Waals surface area contributed by atoms with Gasteiger partial charge in [-0.05, 0) is 26.3 Å². The van der Waals surface area contributed by atoms with Crippen molar-refractivity contribution in [2.24, 2.45) is 5.92 Å². The van der Waals surface area contributed by atoms with Crippen molar-refractivity contribution < 1.29 is 9.59 Å². The van der Waals surface area contributed by atoms with Crippen LogP contribution in [0.1, 0.15) is 27.2 Å². The summed E-state index contributed by atoms with van der Waals surface area (Å²) in [7, 11) is 0. The van der Waals surface area contributed by atoms with Gasteiger partial charge in [0.2, 0.25) is 5.91 Å². The van der Waals surface area contributed by atoms with Crippen molar-refractivity contribution in [1.29, 1.82) is 0 Å². The van der Waals surface area contributed by atoms with E-state index in [0.29, 0.717) is 0 Å². The summed E-state index contributed by atoms with van der Waals surface area (Å²) < 4.78 is 0. The highest BCUT2D eigenvalue weighted by Crippen LogP contribution is 2.40. The third-order valence-electron chi connectivity index (χ3n) is 3.18. The van der Waals surface area contributed by atoms with Crippen LogP contribution in [-0.2, 0) is 9.59 Å². The molecule has 3 nitrogen and oxygen atoms in total. The van der Waals surface area contributed by atoms with Gasteiger partial charge in [0.25, 0.3) is 0 Å². The molecule has 0 bridgehead atoms. The van der Waals surface area contributed by atoms with E-state index in [-0.39, 0.29) is 17.6 Å². The molecule has 3 heteroatoms. The predicted molar refractivity (Wildman–Crippen MR) is 56.9 cm³/mol. The summed E-state index contributed by atoms with van der Waals surface area (Å²) in [6.45, 7) is 5.14. The number of nitrogens with zero attached hydrogens (tertiary/aromatic N) is 1. The number of carbonyl (C=O) groups excluding carboxylic acids is 2. The minimum absolute atomic E-state index is 0.0580. The maximum atomic E-state index is 12.1. The maximum Gasteiger partial charge on any atom is 0.224 e. The number of allylic oxidation sites excluding steroid dienone is 4. The van der Waals surface area contributed by atoms with Crippen LogP contribution in [0.4, 0.5) is 0 Å². The first kappa shape index (κ1) is 10.1. The van der Waals surface area contributed by atoms with E-state index in [2.05, 4.69) is 0 Å². The second kappa shape index (κ2) is 3.05. The molecule has 0 aromatic carbocycles. The summed E-state index contributed by atoms with van der Waals surface area (Å²) in [5.41, 5.74) is 0.175. The molecule has 2 rings (SSSR count). The number of Topliss-reactive ketones (excluding diaryl/α,β-unsaturated/α-hetero) is 1. The smallest absolute Gasteiger partial charge is 0.224 e. The van der Waals surface area contributed by atoms with Crippen LogP contribution in [0.2, 0.25) is 0 Å². The quantitative estimate of drug-likeness (QED) is 0.603. The van der Waals surface area contributed by atoms with Crippen LogP contribution < -0.4 is 0 Å². The molecule has 1 saturated heterocycles. The van der Waals surface area contributed by atoms with Crippen molar-refractivity contribution >= 4 is 11.7 Å². The van der Waals surface area contributed by atoms with Crippen LogP contribution in [-0.4, -0.2) is 22.1 Å². The summed E-state index contributed by atoms with van der Waals surface area (Å²) in [4.78, 5) is 25.3. The Morgan fingerprint density at radius 1 is 1.53 bits per heavy atom. The van der Waals surface area contributed by atoms with Crippen LogP contribution in [0.3, 0.4) is 0 Å². The molecule has 1 amide bonds. The average Bonchev–Trinajstić information content (AvgIpc) is 2.35. The Balaban J connectivity index is 2.51. The Morgan fingerprint density at radius 2 is 2.20 bits per heavy atom. The van der Waals surface area contributed by atoms with Crippen molar-refractivity contribution in [2.75, 3.05) is 0 Å². The highest BCUT2D eigenvalue weighted by Gasteiger charge is 2.51. The van der Waals surface area contributed by atoms with Crippen molar-refractivity contribution in [2.45, 2.75) is 32.7 Å². The number of hydrogen-bond donors (Lipinski definition) is 0. The molecule has 1 unspecified atom stereocenters. The Morgan fingerprint density at radius 3 is 2.80 bits per heavy atom. The van der Waals surface area contributed by atoms with E-state index in [4.69, 9.17) is 0 Å². The summed E-state index contributed by atoms with van der Waals surface area (Å²) in [6, 6.07) is 0. The first-order valence-electron chi connectivity index (χ1n) is 5.18. The molecule has 1 aliphatic carbocycles. The van der Waals surface area contributed by atoms with Gasteiger partial charge in [0.15, 0.2) is 5.78 Å². The Bertz CT molecular complexity index is 390. The topological polar surface area (TPSA) is 37.4 Å². The van der Waals surface area contributed by atoms with E-state index in [1.165, 1.54) is 6.92 Å². The van der Waals surface area contributed by atoms with Crippen LogP contribution in [0.5, 0.6) is 0 Å². The molecule has 0 saturated carbocycles. The largest absolute Gasteiger partial charge is 0.303 e.